The van der Waals surface area contributed by atoms with Crippen LogP contribution in [0.15, 0.2) is 60.7 Å². The van der Waals surface area contributed by atoms with Crippen LogP contribution < -0.4 is 0 Å². The van der Waals surface area contributed by atoms with Crippen LogP contribution in [0.4, 0.5) is 0 Å². The molecule has 3 atom stereocenters. The number of hydrogen-bond acceptors (Lipinski definition) is 5. The van der Waals surface area contributed by atoms with Gasteiger partial charge in [-0.25, -0.2) is 9.59 Å². The molecule has 0 spiro atoms. The minimum atomic E-state index is -1.06. The average Bonchev–Trinajstić information content (AvgIpc) is 2.66. The smallest absolute Gasteiger partial charge is 0.338 e. The molecule has 1 unspecified atom stereocenters. The SMILES string of the molecule is O=C(OC[C@H]1CS(=O)[C@@H]1COC(=O)c1ccccc1)c1ccccc1. The molecule has 0 bridgehead atoms. The summed E-state index contributed by atoms with van der Waals surface area (Å²) in [5, 5.41) is -0.295. The Hall–Kier alpha value is -2.47. The average molecular weight is 358 g/mol. The third kappa shape index (κ3) is 4.33. The van der Waals surface area contributed by atoms with Crippen molar-refractivity contribution < 1.29 is 23.3 Å². The molecule has 1 aliphatic rings. The van der Waals surface area contributed by atoms with Crippen LogP contribution in [0.5, 0.6) is 0 Å². The molecule has 5 nitrogen and oxygen atoms in total. The van der Waals surface area contributed by atoms with Crippen LogP contribution >= 0.6 is 0 Å². The Kier molecular flexibility index (Phi) is 5.60. The van der Waals surface area contributed by atoms with E-state index < -0.39 is 22.7 Å². The fraction of sp³-hybridized carbons (Fsp3) is 0.263. The zero-order chi connectivity index (χ0) is 17.6. The second-order valence-electron chi connectivity index (χ2n) is 5.77. The highest BCUT2D eigenvalue weighted by Crippen LogP contribution is 2.26. The summed E-state index contributed by atoms with van der Waals surface area (Å²) in [7, 11) is -1.06. The zero-order valence-electron chi connectivity index (χ0n) is 13.5. The Morgan fingerprint density at radius 3 is 1.80 bits per heavy atom. The van der Waals surface area contributed by atoms with Gasteiger partial charge in [0.15, 0.2) is 0 Å². The molecule has 2 aromatic rings. The summed E-state index contributed by atoms with van der Waals surface area (Å²) in [4.78, 5) is 23.9. The second kappa shape index (κ2) is 8.07. The van der Waals surface area contributed by atoms with Gasteiger partial charge in [0.1, 0.15) is 6.61 Å². The molecule has 0 N–H and O–H groups in total. The van der Waals surface area contributed by atoms with E-state index in [9.17, 15) is 13.8 Å². The van der Waals surface area contributed by atoms with E-state index in [0.29, 0.717) is 16.9 Å². The fourth-order valence-corrected chi connectivity index (χ4v) is 4.02. The van der Waals surface area contributed by atoms with Crippen molar-refractivity contribution in [1.82, 2.24) is 0 Å². The summed E-state index contributed by atoms with van der Waals surface area (Å²) in [5.41, 5.74) is 0.940. The van der Waals surface area contributed by atoms with Gasteiger partial charge in [-0.05, 0) is 24.3 Å². The van der Waals surface area contributed by atoms with E-state index in [-0.39, 0.29) is 24.4 Å². The van der Waals surface area contributed by atoms with E-state index in [1.165, 1.54) is 0 Å². The number of hydrogen-bond donors (Lipinski definition) is 0. The number of esters is 2. The van der Waals surface area contributed by atoms with E-state index >= 15 is 0 Å². The molecule has 1 fully saturated rings. The lowest BCUT2D eigenvalue weighted by atomic mass is 10.1. The highest BCUT2D eigenvalue weighted by Gasteiger charge is 2.40. The number of carbonyl (C=O) groups is 2. The Morgan fingerprint density at radius 2 is 1.32 bits per heavy atom. The van der Waals surface area contributed by atoms with Crippen molar-refractivity contribution in [3.63, 3.8) is 0 Å². The minimum Gasteiger partial charge on any atom is -0.462 e. The summed E-state index contributed by atoms with van der Waals surface area (Å²) in [5.74, 6) is -0.449. The van der Waals surface area contributed by atoms with Crippen molar-refractivity contribution in [3.8, 4) is 0 Å². The van der Waals surface area contributed by atoms with Gasteiger partial charge < -0.3 is 9.47 Å². The Morgan fingerprint density at radius 1 is 0.840 bits per heavy atom. The van der Waals surface area contributed by atoms with Gasteiger partial charge in [0, 0.05) is 22.5 Å². The van der Waals surface area contributed by atoms with Gasteiger partial charge >= 0.3 is 11.9 Å². The molecular formula is C19H18O5S. The van der Waals surface area contributed by atoms with Crippen LogP contribution in [0, 0.1) is 5.92 Å². The van der Waals surface area contributed by atoms with Crippen LogP contribution in [-0.4, -0.2) is 40.4 Å². The van der Waals surface area contributed by atoms with Crippen LogP contribution in [-0.2, 0) is 20.3 Å². The van der Waals surface area contributed by atoms with E-state index in [4.69, 9.17) is 9.47 Å². The zero-order valence-corrected chi connectivity index (χ0v) is 14.3. The number of carbonyl (C=O) groups excluding carboxylic acids is 2. The maximum Gasteiger partial charge on any atom is 0.338 e. The fourth-order valence-electron chi connectivity index (χ4n) is 2.56. The summed E-state index contributed by atoms with van der Waals surface area (Å²) < 4.78 is 22.4. The van der Waals surface area contributed by atoms with Crippen molar-refractivity contribution >= 4 is 22.7 Å². The Balaban J connectivity index is 1.48. The molecule has 0 aliphatic carbocycles. The molecule has 25 heavy (non-hydrogen) atoms. The van der Waals surface area contributed by atoms with Gasteiger partial charge in [0.05, 0.1) is 23.0 Å². The summed E-state index contributed by atoms with van der Waals surface area (Å²) in [6, 6.07) is 17.4. The molecular weight excluding hydrogens is 340 g/mol. The highest BCUT2D eigenvalue weighted by atomic mass is 32.2. The molecule has 0 amide bonds. The first-order chi connectivity index (χ1) is 12.1. The van der Waals surface area contributed by atoms with E-state index in [0.717, 1.165) is 0 Å². The monoisotopic (exact) mass is 358 g/mol. The van der Waals surface area contributed by atoms with Crippen molar-refractivity contribution in [1.29, 1.82) is 0 Å². The van der Waals surface area contributed by atoms with Crippen LogP contribution in [0.1, 0.15) is 20.7 Å². The van der Waals surface area contributed by atoms with Gasteiger partial charge in [-0.15, -0.1) is 0 Å². The lowest BCUT2D eigenvalue weighted by Crippen LogP contribution is -2.48. The normalized spacial score (nSPS) is 21.8. The first-order valence-corrected chi connectivity index (χ1v) is 9.35. The van der Waals surface area contributed by atoms with Crippen molar-refractivity contribution in [2.24, 2.45) is 5.92 Å². The minimum absolute atomic E-state index is 0.0583. The summed E-state index contributed by atoms with van der Waals surface area (Å²) in [6.45, 7) is 0.237. The molecule has 1 heterocycles. The molecule has 1 aliphatic heterocycles. The molecule has 6 heteroatoms. The van der Waals surface area contributed by atoms with Crippen LogP contribution in [0.2, 0.25) is 0 Å². The van der Waals surface area contributed by atoms with Gasteiger partial charge in [0.2, 0.25) is 0 Å². The van der Waals surface area contributed by atoms with Gasteiger partial charge in [-0.2, -0.15) is 0 Å². The Bertz CT molecular complexity index is 760. The lowest BCUT2D eigenvalue weighted by Gasteiger charge is -2.34. The predicted molar refractivity (Wildman–Crippen MR) is 93.7 cm³/mol. The molecule has 0 aromatic heterocycles. The van der Waals surface area contributed by atoms with Crippen molar-refractivity contribution in [2.45, 2.75) is 5.25 Å². The summed E-state index contributed by atoms with van der Waals surface area (Å²) in [6.07, 6.45) is 0. The van der Waals surface area contributed by atoms with E-state index in [1.54, 1.807) is 48.5 Å². The van der Waals surface area contributed by atoms with Crippen molar-refractivity contribution in [2.75, 3.05) is 19.0 Å². The van der Waals surface area contributed by atoms with Crippen molar-refractivity contribution in [3.05, 3.63) is 71.8 Å². The molecule has 3 rings (SSSR count). The maximum absolute atomic E-state index is 11.9. The number of ether oxygens (including phenoxy) is 2. The maximum atomic E-state index is 11.9. The first-order valence-electron chi connectivity index (χ1n) is 7.96. The molecule has 1 saturated heterocycles. The lowest BCUT2D eigenvalue weighted by molar-refractivity contribution is 0.0360. The highest BCUT2D eigenvalue weighted by molar-refractivity contribution is 7.87. The predicted octanol–water partition coefficient (Wildman–Crippen LogP) is 2.45. The van der Waals surface area contributed by atoms with E-state index in [2.05, 4.69) is 0 Å². The largest absolute Gasteiger partial charge is 0.462 e. The summed E-state index contributed by atoms with van der Waals surface area (Å²) >= 11 is 0. The molecule has 0 radical (unpaired) electrons. The van der Waals surface area contributed by atoms with Crippen LogP contribution in [0.25, 0.3) is 0 Å². The third-order valence-corrected chi connectivity index (χ3v) is 6.02. The first kappa shape index (κ1) is 17.4. The standard InChI is InChI=1S/C19H18O5S/c20-18(14-7-3-1-4-8-14)23-11-16-13-25(22)17(16)12-24-19(21)15-9-5-2-6-10-15/h1-10,16-17H,11-13H2/t16-,17+,25?/m0/s1. The molecule has 2 aromatic carbocycles. The van der Waals surface area contributed by atoms with E-state index in [1.807, 2.05) is 12.1 Å². The van der Waals surface area contributed by atoms with Gasteiger partial charge in [-0.1, -0.05) is 36.4 Å². The van der Waals surface area contributed by atoms with Crippen LogP contribution in [0.3, 0.4) is 0 Å². The second-order valence-corrected chi connectivity index (χ2v) is 7.48. The number of rotatable bonds is 6. The third-order valence-electron chi connectivity index (χ3n) is 4.07. The Labute approximate surface area is 148 Å². The quantitative estimate of drug-likeness (QED) is 0.742. The molecule has 130 valence electrons. The van der Waals surface area contributed by atoms with Gasteiger partial charge in [0.25, 0.3) is 0 Å². The van der Waals surface area contributed by atoms with Gasteiger partial charge in [-0.3, -0.25) is 4.21 Å². The molecule has 0 saturated carbocycles. The topological polar surface area (TPSA) is 69.7 Å². The number of benzene rings is 2.